The number of para-hydroxylation sites is 1. The molecule has 0 saturated carbocycles. The molecule has 0 N–H and O–H groups in total. The number of nitrogens with zero attached hydrogens (tertiary/aromatic N) is 1. The van der Waals surface area contributed by atoms with E-state index >= 15 is 0 Å². The predicted molar refractivity (Wildman–Crippen MR) is 202 cm³/mol. The second-order valence-corrected chi connectivity index (χ2v) is 12.9. The molecule has 48 heavy (non-hydrogen) atoms. The van der Waals surface area contributed by atoms with Crippen LogP contribution in [0.2, 0.25) is 0 Å². The lowest BCUT2D eigenvalue weighted by atomic mass is 9.84. The first-order chi connectivity index (χ1) is 23.8. The third-order valence-electron chi connectivity index (χ3n) is 10.1. The molecular formula is C46H31NO. The number of allylic oxidation sites excluding steroid dienone is 4. The number of anilines is 3. The molecule has 0 bridgehead atoms. The zero-order valence-corrected chi connectivity index (χ0v) is 26.3. The lowest BCUT2D eigenvalue weighted by molar-refractivity contribution is 0.669. The fraction of sp³-hybridized carbons (Fsp3) is 0.0435. The molecule has 1 aromatic heterocycles. The van der Waals surface area contributed by atoms with E-state index in [0.29, 0.717) is 5.92 Å². The Balaban J connectivity index is 1.05. The summed E-state index contributed by atoms with van der Waals surface area (Å²) in [7, 11) is 0. The lowest BCUT2D eigenvalue weighted by Crippen LogP contribution is -2.33. The topological polar surface area (TPSA) is 16.4 Å². The van der Waals surface area contributed by atoms with Crippen LogP contribution in [0.25, 0.3) is 66.3 Å². The van der Waals surface area contributed by atoms with Crippen molar-refractivity contribution in [3.05, 3.63) is 174 Å². The standard InChI is InChI=1S/C46H31NO/c1-2-11-37(12-3-1)47(39-23-25-42-43-27-33-9-4-5-10-34(33)28-44(43)48-45(42)29-39)38-21-18-30(19-22-38)35-20-24-41-36(26-35)17-16-32-15-14-31-8-6-7-13-40(31)46(32)41/h1-13,15-29,31H,14H2. The summed E-state index contributed by atoms with van der Waals surface area (Å²) in [6.45, 7) is 0. The summed E-state index contributed by atoms with van der Waals surface area (Å²) >= 11 is 0. The second kappa shape index (κ2) is 10.7. The van der Waals surface area contributed by atoms with Gasteiger partial charge in [0.25, 0.3) is 0 Å². The van der Waals surface area contributed by atoms with Crippen molar-refractivity contribution in [1.82, 2.24) is 0 Å². The first-order valence-electron chi connectivity index (χ1n) is 16.7. The third kappa shape index (κ3) is 4.34. The Hall–Kier alpha value is -6.12. The summed E-state index contributed by atoms with van der Waals surface area (Å²) < 4.78 is 6.46. The van der Waals surface area contributed by atoms with Crippen molar-refractivity contribution in [2.75, 3.05) is 4.90 Å². The quantitative estimate of drug-likeness (QED) is 0.196. The summed E-state index contributed by atoms with van der Waals surface area (Å²) in [5, 5.41) is 10.0. The summed E-state index contributed by atoms with van der Waals surface area (Å²) in [6.07, 6.45) is 12.4. The van der Waals surface area contributed by atoms with Crippen LogP contribution in [0.15, 0.2) is 168 Å². The Bertz CT molecular complexity index is 2750. The molecule has 1 atom stereocenters. The summed E-state index contributed by atoms with van der Waals surface area (Å²) in [5.74, 6) is 0.473. The van der Waals surface area contributed by atoms with Gasteiger partial charge in [0.05, 0.1) is 0 Å². The van der Waals surface area contributed by atoms with Gasteiger partial charge in [-0.3, -0.25) is 0 Å². The van der Waals surface area contributed by atoms with Gasteiger partial charge in [-0.25, -0.2) is 0 Å². The van der Waals surface area contributed by atoms with Gasteiger partial charge < -0.3 is 9.32 Å². The fourth-order valence-electron chi connectivity index (χ4n) is 7.75. The summed E-state index contributed by atoms with van der Waals surface area (Å²) in [4.78, 5) is 2.30. The van der Waals surface area contributed by atoms with Crippen molar-refractivity contribution in [3.63, 3.8) is 0 Å². The average Bonchev–Trinajstić information content (AvgIpc) is 3.50. The molecule has 2 nitrogen and oxygen atoms in total. The Kier molecular flexibility index (Phi) is 6.04. The highest BCUT2D eigenvalue weighted by Crippen LogP contribution is 2.40. The number of rotatable bonds is 4. The van der Waals surface area contributed by atoms with Crippen molar-refractivity contribution >= 4 is 72.2 Å². The number of benzene rings is 7. The highest BCUT2D eigenvalue weighted by atomic mass is 16.3. The minimum Gasteiger partial charge on any atom is -0.456 e. The van der Waals surface area contributed by atoms with Crippen LogP contribution < -0.4 is 15.3 Å². The van der Waals surface area contributed by atoms with Crippen molar-refractivity contribution in [1.29, 1.82) is 0 Å². The van der Waals surface area contributed by atoms with Gasteiger partial charge in [0.15, 0.2) is 0 Å². The van der Waals surface area contributed by atoms with Crippen LogP contribution in [0.4, 0.5) is 17.1 Å². The number of hydrogen-bond donors (Lipinski definition) is 0. The van der Waals surface area contributed by atoms with E-state index in [0.717, 1.165) is 45.4 Å². The molecule has 2 aliphatic rings. The molecule has 0 radical (unpaired) electrons. The van der Waals surface area contributed by atoms with Crippen LogP contribution in [0.1, 0.15) is 6.42 Å². The molecule has 10 rings (SSSR count). The van der Waals surface area contributed by atoms with E-state index in [1.807, 2.05) is 0 Å². The van der Waals surface area contributed by atoms with Crippen molar-refractivity contribution < 1.29 is 4.42 Å². The molecule has 0 fully saturated rings. The first kappa shape index (κ1) is 27.0. The van der Waals surface area contributed by atoms with E-state index < -0.39 is 0 Å². The second-order valence-electron chi connectivity index (χ2n) is 12.9. The number of furan rings is 1. The van der Waals surface area contributed by atoms with Crippen LogP contribution in [0.3, 0.4) is 0 Å². The molecule has 2 aliphatic carbocycles. The fourth-order valence-corrected chi connectivity index (χ4v) is 7.75. The van der Waals surface area contributed by atoms with Gasteiger partial charge in [-0.05, 0) is 110 Å². The van der Waals surface area contributed by atoms with Gasteiger partial charge in [-0.2, -0.15) is 0 Å². The summed E-state index contributed by atoms with van der Waals surface area (Å²) in [6, 6.07) is 50.4. The van der Waals surface area contributed by atoms with Crippen LogP contribution in [0, 0.1) is 5.92 Å². The highest BCUT2D eigenvalue weighted by molar-refractivity contribution is 6.10. The monoisotopic (exact) mass is 613 g/mol. The SMILES string of the molecule is C1=CC2=c3c(ccc4cc(-c5ccc(N(c6ccccc6)c6ccc7c(c6)oc6cc8ccccc8cc67)cc5)ccc34)=CCC2C=C1. The maximum Gasteiger partial charge on any atom is 0.137 e. The van der Waals surface area contributed by atoms with Gasteiger partial charge in [0.1, 0.15) is 11.2 Å². The first-order valence-corrected chi connectivity index (χ1v) is 16.7. The zero-order valence-electron chi connectivity index (χ0n) is 26.3. The van der Waals surface area contributed by atoms with Crippen LogP contribution in [-0.4, -0.2) is 0 Å². The van der Waals surface area contributed by atoms with E-state index in [1.165, 1.54) is 48.7 Å². The molecular weight excluding hydrogens is 583 g/mol. The Morgan fingerprint density at radius 3 is 2.12 bits per heavy atom. The molecule has 8 aromatic rings. The van der Waals surface area contributed by atoms with E-state index in [1.54, 1.807) is 0 Å². The van der Waals surface area contributed by atoms with E-state index in [4.69, 9.17) is 4.42 Å². The van der Waals surface area contributed by atoms with Gasteiger partial charge in [0, 0.05) is 39.8 Å². The summed E-state index contributed by atoms with van der Waals surface area (Å²) in [5.41, 5.74) is 8.90. The van der Waals surface area contributed by atoms with Crippen LogP contribution >= 0.6 is 0 Å². The van der Waals surface area contributed by atoms with Gasteiger partial charge in [-0.1, -0.05) is 109 Å². The van der Waals surface area contributed by atoms with Crippen molar-refractivity contribution in [2.45, 2.75) is 6.42 Å². The Labute approximate surface area is 278 Å². The molecule has 0 amide bonds. The molecule has 0 aliphatic heterocycles. The smallest absolute Gasteiger partial charge is 0.137 e. The minimum absolute atomic E-state index is 0.473. The lowest BCUT2D eigenvalue weighted by Gasteiger charge is -2.25. The van der Waals surface area contributed by atoms with E-state index in [9.17, 15) is 0 Å². The number of hydrogen-bond acceptors (Lipinski definition) is 2. The van der Waals surface area contributed by atoms with Crippen LogP contribution in [0.5, 0.6) is 0 Å². The minimum atomic E-state index is 0.473. The zero-order chi connectivity index (χ0) is 31.6. The molecule has 0 saturated heterocycles. The molecule has 226 valence electrons. The largest absolute Gasteiger partial charge is 0.456 e. The Morgan fingerprint density at radius 1 is 0.521 bits per heavy atom. The van der Waals surface area contributed by atoms with E-state index in [-0.39, 0.29) is 0 Å². The van der Waals surface area contributed by atoms with Gasteiger partial charge >= 0.3 is 0 Å². The van der Waals surface area contributed by atoms with Crippen molar-refractivity contribution in [2.24, 2.45) is 5.92 Å². The molecule has 1 heterocycles. The van der Waals surface area contributed by atoms with Gasteiger partial charge in [0.2, 0.25) is 0 Å². The highest BCUT2D eigenvalue weighted by Gasteiger charge is 2.18. The average molecular weight is 614 g/mol. The van der Waals surface area contributed by atoms with Crippen molar-refractivity contribution in [3.8, 4) is 11.1 Å². The maximum absolute atomic E-state index is 6.46. The van der Waals surface area contributed by atoms with E-state index in [2.05, 4.69) is 175 Å². The normalized spacial score (nSPS) is 15.2. The Morgan fingerprint density at radius 2 is 1.25 bits per heavy atom. The molecule has 2 heteroatoms. The maximum atomic E-state index is 6.46. The third-order valence-corrected chi connectivity index (χ3v) is 10.1. The molecule has 7 aromatic carbocycles. The number of fused-ring (bicyclic) bond motifs is 8. The molecule has 0 spiro atoms. The predicted octanol–water partition coefficient (Wildman–Crippen LogP) is 11.1. The van der Waals surface area contributed by atoms with Crippen LogP contribution in [-0.2, 0) is 0 Å². The molecule has 1 unspecified atom stereocenters. The van der Waals surface area contributed by atoms with Gasteiger partial charge in [-0.15, -0.1) is 0 Å².